The van der Waals surface area contributed by atoms with Crippen LogP contribution in [0.2, 0.25) is 0 Å². The fraction of sp³-hybridized carbons (Fsp3) is 0.214. The van der Waals surface area contributed by atoms with Crippen molar-refractivity contribution in [3.05, 3.63) is 91.9 Å². The molecule has 0 bridgehead atoms. The van der Waals surface area contributed by atoms with Crippen LogP contribution in [0.25, 0.3) is 32.7 Å². The van der Waals surface area contributed by atoms with Crippen molar-refractivity contribution in [3.8, 4) is 0 Å². The molecule has 0 fully saturated rings. The number of fused-ring (bicyclic) bond motifs is 6. The van der Waals surface area contributed by atoms with Crippen molar-refractivity contribution in [1.82, 2.24) is 0 Å². The molecule has 2 aliphatic carbocycles. The second-order valence-corrected chi connectivity index (χ2v) is 10.8. The van der Waals surface area contributed by atoms with Gasteiger partial charge in [0.05, 0.1) is 0 Å². The standard InChI is InChI=1S/C28H22Br2/c1-15-11-19-5-3-17-13-21(29)7-9-23(17)27(19)25(15)26-16(2)12-20-6-4-18-14-22(30)8-10-24(18)28(20)26/h3-10,13-16H,11-12H2,1-2H3/b26-25+/t15-,16-/m1/s1. The fourth-order valence-corrected chi connectivity index (χ4v) is 6.58. The SMILES string of the molecule is C[C@@H]1Cc2ccc3cc(Br)ccc3c2/C1=C1/c2c(ccc3cc(Br)ccc23)C[C@H]1C. The number of benzene rings is 4. The summed E-state index contributed by atoms with van der Waals surface area (Å²) in [7, 11) is 0. The second-order valence-electron chi connectivity index (χ2n) is 8.97. The molecule has 0 nitrogen and oxygen atoms in total. The molecule has 6 rings (SSSR count). The van der Waals surface area contributed by atoms with E-state index < -0.39 is 0 Å². The summed E-state index contributed by atoms with van der Waals surface area (Å²) in [6, 6.07) is 22.8. The van der Waals surface area contributed by atoms with Crippen LogP contribution in [-0.2, 0) is 12.8 Å². The Morgan fingerprint density at radius 3 is 1.47 bits per heavy atom. The third kappa shape index (κ3) is 2.70. The summed E-state index contributed by atoms with van der Waals surface area (Å²) in [5, 5.41) is 5.43. The summed E-state index contributed by atoms with van der Waals surface area (Å²) in [5.41, 5.74) is 9.17. The lowest BCUT2D eigenvalue weighted by molar-refractivity contribution is 0.754. The van der Waals surface area contributed by atoms with Gasteiger partial charge in [-0.15, -0.1) is 0 Å². The van der Waals surface area contributed by atoms with Gasteiger partial charge in [0, 0.05) is 8.95 Å². The highest BCUT2D eigenvalue weighted by molar-refractivity contribution is 9.10. The smallest absolute Gasteiger partial charge is 0.0181 e. The predicted molar refractivity (Wildman–Crippen MR) is 136 cm³/mol. The highest BCUT2D eigenvalue weighted by atomic mass is 79.9. The monoisotopic (exact) mass is 516 g/mol. The van der Waals surface area contributed by atoms with Crippen LogP contribution in [0.5, 0.6) is 0 Å². The minimum atomic E-state index is 0.545. The lowest BCUT2D eigenvalue weighted by Crippen LogP contribution is -2.01. The van der Waals surface area contributed by atoms with Crippen LogP contribution in [0.4, 0.5) is 0 Å². The fourth-order valence-electron chi connectivity index (χ4n) is 5.82. The molecular weight excluding hydrogens is 496 g/mol. The van der Waals surface area contributed by atoms with Crippen LogP contribution in [0.3, 0.4) is 0 Å². The van der Waals surface area contributed by atoms with Gasteiger partial charge in [0.25, 0.3) is 0 Å². The molecule has 0 radical (unpaired) electrons. The van der Waals surface area contributed by atoms with Crippen molar-refractivity contribution in [3.63, 3.8) is 0 Å². The van der Waals surface area contributed by atoms with E-state index in [-0.39, 0.29) is 0 Å². The van der Waals surface area contributed by atoms with Gasteiger partial charge in [-0.05, 0) is 104 Å². The molecule has 2 heteroatoms. The summed E-state index contributed by atoms with van der Waals surface area (Å²) in [5.74, 6) is 1.09. The third-order valence-electron chi connectivity index (χ3n) is 7.00. The van der Waals surface area contributed by atoms with E-state index in [1.165, 1.54) is 43.8 Å². The number of hydrogen-bond acceptors (Lipinski definition) is 0. The first kappa shape index (κ1) is 18.8. The molecule has 4 aromatic carbocycles. The molecule has 0 amide bonds. The number of hydrogen-bond donors (Lipinski definition) is 0. The maximum absolute atomic E-state index is 3.65. The first-order chi connectivity index (χ1) is 14.5. The summed E-state index contributed by atoms with van der Waals surface area (Å²) < 4.78 is 2.29. The molecule has 0 saturated heterocycles. The molecule has 2 atom stereocenters. The Hall–Kier alpha value is -1.90. The molecule has 0 aliphatic heterocycles. The van der Waals surface area contributed by atoms with Crippen molar-refractivity contribution >= 4 is 64.6 Å². The van der Waals surface area contributed by atoms with Crippen molar-refractivity contribution in [2.24, 2.45) is 11.8 Å². The Balaban J connectivity index is 1.72. The van der Waals surface area contributed by atoms with Crippen LogP contribution < -0.4 is 0 Å². The zero-order chi connectivity index (χ0) is 20.6. The molecule has 0 unspecified atom stereocenters. The lowest BCUT2D eigenvalue weighted by Gasteiger charge is -2.19. The summed E-state index contributed by atoms with van der Waals surface area (Å²) >= 11 is 7.31. The number of allylic oxidation sites excluding steroid dienone is 2. The van der Waals surface area contributed by atoms with E-state index >= 15 is 0 Å². The number of halogens is 2. The van der Waals surface area contributed by atoms with E-state index in [0.29, 0.717) is 11.8 Å². The van der Waals surface area contributed by atoms with Crippen LogP contribution in [-0.4, -0.2) is 0 Å². The Bertz CT molecular complexity index is 1290. The molecule has 0 heterocycles. The van der Waals surface area contributed by atoms with Gasteiger partial charge < -0.3 is 0 Å². The number of rotatable bonds is 0. The molecule has 0 saturated carbocycles. The molecule has 148 valence electrons. The summed E-state index contributed by atoms with van der Waals surface area (Å²) in [6.07, 6.45) is 2.27. The molecule has 4 aromatic rings. The summed E-state index contributed by atoms with van der Waals surface area (Å²) in [6.45, 7) is 4.83. The maximum atomic E-state index is 3.65. The molecule has 0 aromatic heterocycles. The summed E-state index contributed by atoms with van der Waals surface area (Å²) in [4.78, 5) is 0. The minimum Gasteiger partial charge on any atom is -0.0581 e. The van der Waals surface area contributed by atoms with Gasteiger partial charge in [-0.2, -0.15) is 0 Å². The highest BCUT2D eigenvalue weighted by Crippen LogP contribution is 2.52. The first-order valence-electron chi connectivity index (χ1n) is 10.7. The highest BCUT2D eigenvalue weighted by Gasteiger charge is 2.34. The van der Waals surface area contributed by atoms with E-state index in [1.807, 2.05) is 0 Å². The molecular formula is C28H22Br2. The Labute approximate surface area is 194 Å². The van der Waals surface area contributed by atoms with Gasteiger partial charge in [-0.25, -0.2) is 0 Å². The van der Waals surface area contributed by atoms with Crippen LogP contribution in [0.15, 0.2) is 69.6 Å². The Kier molecular flexibility index (Phi) is 4.27. The van der Waals surface area contributed by atoms with Crippen LogP contribution in [0, 0.1) is 11.8 Å². The quantitative estimate of drug-likeness (QED) is 0.218. The topological polar surface area (TPSA) is 0 Å². The average Bonchev–Trinajstić information content (AvgIpc) is 3.22. The van der Waals surface area contributed by atoms with Crippen LogP contribution in [0.1, 0.15) is 36.1 Å². The second kappa shape index (κ2) is 6.80. The zero-order valence-corrected chi connectivity index (χ0v) is 20.3. The predicted octanol–water partition coefficient (Wildman–Crippen LogP) is 8.81. The third-order valence-corrected chi connectivity index (χ3v) is 7.99. The van der Waals surface area contributed by atoms with Crippen molar-refractivity contribution in [2.75, 3.05) is 0 Å². The molecule has 2 aliphatic rings. The Morgan fingerprint density at radius 2 is 1.03 bits per heavy atom. The van der Waals surface area contributed by atoms with E-state index in [9.17, 15) is 0 Å². The minimum absolute atomic E-state index is 0.545. The normalized spacial score (nSPS) is 22.7. The molecule has 30 heavy (non-hydrogen) atoms. The van der Waals surface area contributed by atoms with Gasteiger partial charge in [-0.1, -0.05) is 82.1 Å². The van der Waals surface area contributed by atoms with Crippen molar-refractivity contribution in [2.45, 2.75) is 26.7 Å². The molecule has 0 spiro atoms. The van der Waals surface area contributed by atoms with E-state index in [2.05, 4.69) is 106 Å². The largest absolute Gasteiger partial charge is 0.0581 e. The van der Waals surface area contributed by atoms with Gasteiger partial charge in [0.1, 0.15) is 0 Å². The lowest BCUT2D eigenvalue weighted by atomic mass is 9.85. The van der Waals surface area contributed by atoms with Crippen LogP contribution >= 0.6 is 31.9 Å². The average molecular weight is 518 g/mol. The van der Waals surface area contributed by atoms with Gasteiger partial charge in [0.15, 0.2) is 0 Å². The van der Waals surface area contributed by atoms with Gasteiger partial charge >= 0.3 is 0 Å². The van der Waals surface area contributed by atoms with Gasteiger partial charge in [0.2, 0.25) is 0 Å². The van der Waals surface area contributed by atoms with Crippen molar-refractivity contribution in [1.29, 1.82) is 0 Å². The van der Waals surface area contributed by atoms with E-state index in [4.69, 9.17) is 0 Å². The van der Waals surface area contributed by atoms with E-state index in [1.54, 1.807) is 11.1 Å². The van der Waals surface area contributed by atoms with Gasteiger partial charge in [-0.3, -0.25) is 0 Å². The Morgan fingerprint density at radius 1 is 0.600 bits per heavy atom. The zero-order valence-electron chi connectivity index (χ0n) is 17.1. The van der Waals surface area contributed by atoms with Crippen molar-refractivity contribution < 1.29 is 0 Å². The maximum Gasteiger partial charge on any atom is 0.0181 e. The molecule has 0 N–H and O–H groups in total. The van der Waals surface area contributed by atoms with E-state index in [0.717, 1.165) is 21.8 Å². The first-order valence-corrected chi connectivity index (χ1v) is 12.3.